The van der Waals surface area contributed by atoms with E-state index < -0.39 is 0 Å². The van der Waals surface area contributed by atoms with E-state index in [0.717, 1.165) is 55.1 Å². The smallest absolute Gasteiger partial charge is 0.155 e. The van der Waals surface area contributed by atoms with Crippen molar-refractivity contribution in [2.75, 3.05) is 13.1 Å². The lowest BCUT2D eigenvalue weighted by Gasteiger charge is -2.30. The largest absolute Gasteiger partial charge is 0.299 e. The molecular formula is C22H21FN4S. The fourth-order valence-electron chi connectivity index (χ4n) is 3.90. The average Bonchev–Trinajstić information content (AvgIpc) is 3.37. The molecule has 142 valence electrons. The van der Waals surface area contributed by atoms with Crippen LogP contribution in [0.3, 0.4) is 0 Å². The second-order valence-corrected chi connectivity index (χ2v) is 8.16. The Balaban J connectivity index is 1.31. The molecule has 1 fully saturated rings. The number of piperidine rings is 1. The number of nitrogens with zero attached hydrogens (tertiary/aromatic N) is 4. The van der Waals surface area contributed by atoms with Crippen molar-refractivity contribution in [2.24, 2.45) is 0 Å². The summed E-state index contributed by atoms with van der Waals surface area (Å²) in [5, 5.41) is 9.11. The summed E-state index contributed by atoms with van der Waals surface area (Å²) in [6, 6.07) is 12.8. The second-order valence-electron chi connectivity index (χ2n) is 7.38. The van der Waals surface area contributed by atoms with Gasteiger partial charge in [-0.25, -0.2) is 13.9 Å². The fourth-order valence-corrected chi connectivity index (χ4v) is 4.56. The van der Waals surface area contributed by atoms with Crippen LogP contribution in [-0.2, 0) is 6.54 Å². The predicted molar refractivity (Wildman–Crippen MR) is 110 cm³/mol. The fraction of sp³-hybridized carbons (Fsp3) is 0.273. The monoisotopic (exact) mass is 392 g/mol. The summed E-state index contributed by atoms with van der Waals surface area (Å²) >= 11 is 1.76. The summed E-state index contributed by atoms with van der Waals surface area (Å²) in [5.74, 6) is 1.09. The quantitative estimate of drug-likeness (QED) is 0.491. The number of rotatable bonds is 4. The number of thiophene rings is 1. The summed E-state index contributed by atoms with van der Waals surface area (Å²) in [4.78, 5) is 7.26. The molecule has 0 unspecified atom stereocenters. The minimum absolute atomic E-state index is 0.230. The highest BCUT2D eigenvalue weighted by Gasteiger charge is 2.24. The molecular weight excluding hydrogens is 371 g/mol. The van der Waals surface area contributed by atoms with Crippen LogP contribution in [0.1, 0.15) is 30.1 Å². The van der Waals surface area contributed by atoms with E-state index >= 15 is 0 Å². The Morgan fingerprint density at radius 2 is 1.96 bits per heavy atom. The molecule has 5 rings (SSSR count). The molecule has 4 nitrogen and oxygen atoms in total. The van der Waals surface area contributed by atoms with Gasteiger partial charge in [0.2, 0.25) is 0 Å². The van der Waals surface area contributed by atoms with Crippen molar-refractivity contribution >= 4 is 17.0 Å². The number of benzene rings is 1. The lowest BCUT2D eigenvalue weighted by Crippen LogP contribution is -2.32. The molecule has 0 saturated carbocycles. The topological polar surface area (TPSA) is 33.4 Å². The molecule has 6 heteroatoms. The van der Waals surface area contributed by atoms with Crippen LogP contribution in [0.5, 0.6) is 0 Å². The van der Waals surface area contributed by atoms with E-state index in [4.69, 9.17) is 10.1 Å². The summed E-state index contributed by atoms with van der Waals surface area (Å²) < 4.78 is 15.4. The predicted octanol–water partition coefficient (Wildman–Crippen LogP) is 4.98. The van der Waals surface area contributed by atoms with Gasteiger partial charge < -0.3 is 0 Å². The van der Waals surface area contributed by atoms with E-state index in [-0.39, 0.29) is 5.82 Å². The molecule has 0 atom stereocenters. The van der Waals surface area contributed by atoms with Gasteiger partial charge in [0.15, 0.2) is 11.5 Å². The molecule has 1 aliphatic rings. The van der Waals surface area contributed by atoms with Crippen LogP contribution in [0.15, 0.2) is 59.4 Å². The van der Waals surface area contributed by atoms with Crippen LogP contribution < -0.4 is 0 Å². The maximum atomic E-state index is 13.5. The van der Waals surface area contributed by atoms with Crippen LogP contribution in [-0.4, -0.2) is 32.6 Å². The van der Waals surface area contributed by atoms with E-state index in [1.54, 1.807) is 23.5 Å². The molecule has 1 saturated heterocycles. The van der Waals surface area contributed by atoms with Crippen molar-refractivity contribution < 1.29 is 4.39 Å². The Hall–Kier alpha value is -2.57. The van der Waals surface area contributed by atoms with Gasteiger partial charge in [-0.3, -0.25) is 4.90 Å². The van der Waals surface area contributed by atoms with Crippen LogP contribution in [0.25, 0.3) is 16.8 Å². The zero-order chi connectivity index (χ0) is 18.9. The lowest BCUT2D eigenvalue weighted by atomic mass is 9.96. The van der Waals surface area contributed by atoms with Gasteiger partial charge in [-0.15, -0.1) is 0 Å². The molecule has 0 bridgehead atoms. The number of halogens is 1. The van der Waals surface area contributed by atoms with Crippen molar-refractivity contribution in [3.8, 4) is 11.1 Å². The molecule has 28 heavy (non-hydrogen) atoms. The molecule has 0 aliphatic carbocycles. The standard InChI is InChI=1S/C22H21FN4S/c23-20-3-1-2-18(12-20)19-4-5-21-24-22(25-27(21)14-19)17-6-9-26(10-7-17)13-16-8-11-28-15-16/h1-5,8,11-12,14-15,17H,6-7,9-10,13H2. The van der Waals surface area contributed by atoms with Gasteiger partial charge in [0.25, 0.3) is 0 Å². The van der Waals surface area contributed by atoms with E-state index in [1.807, 2.05) is 28.9 Å². The normalized spacial score (nSPS) is 16.0. The SMILES string of the molecule is Fc1cccc(-c2ccc3nc(C4CCN(Cc5ccsc5)CC4)nn3c2)c1. The molecule has 0 spiro atoms. The minimum atomic E-state index is -0.230. The maximum absolute atomic E-state index is 13.5. The van der Waals surface area contributed by atoms with Crippen molar-refractivity contribution in [1.29, 1.82) is 0 Å². The maximum Gasteiger partial charge on any atom is 0.155 e. The first-order valence-electron chi connectivity index (χ1n) is 9.60. The summed E-state index contributed by atoms with van der Waals surface area (Å²) in [6.07, 6.45) is 4.10. The van der Waals surface area contributed by atoms with Gasteiger partial charge in [-0.1, -0.05) is 12.1 Å². The number of fused-ring (bicyclic) bond motifs is 1. The van der Waals surface area contributed by atoms with Gasteiger partial charge in [0.1, 0.15) is 5.82 Å². The number of pyridine rings is 1. The van der Waals surface area contributed by atoms with E-state index in [9.17, 15) is 4.39 Å². The van der Waals surface area contributed by atoms with Crippen LogP contribution in [0.2, 0.25) is 0 Å². The van der Waals surface area contributed by atoms with Crippen molar-refractivity contribution in [3.63, 3.8) is 0 Å². The number of aromatic nitrogens is 3. The van der Waals surface area contributed by atoms with Crippen molar-refractivity contribution in [2.45, 2.75) is 25.3 Å². The van der Waals surface area contributed by atoms with E-state index in [2.05, 4.69) is 21.7 Å². The first-order chi connectivity index (χ1) is 13.7. The van der Waals surface area contributed by atoms with E-state index in [0.29, 0.717) is 5.92 Å². The Kier molecular flexibility index (Phi) is 4.66. The lowest BCUT2D eigenvalue weighted by molar-refractivity contribution is 0.202. The molecule has 0 amide bonds. The minimum Gasteiger partial charge on any atom is -0.299 e. The third-order valence-corrected chi connectivity index (χ3v) is 6.18. The van der Waals surface area contributed by atoms with Crippen LogP contribution in [0, 0.1) is 5.82 Å². The van der Waals surface area contributed by atoms with Crippen LogP contribution >= 0.6 is 11.3 Å². The second kappa shape index (κ2) is 7.45. The third-order valence-electron chi connectivity index (χ3n) is 5.44. The third kappa shape index (κ3) is 3.57. The number of hydrogen-bond donors (Lipinski definition) is 0. The Morgan fingerprint density at radius 1 is 1.07 bits per heavy atom. The highest BCUT2D eigenvalue weighted by molar-refractivity contribution is 7.07. The Labute approximate surface area is 167 Å². The number of likely N-dealkylation sites (tertiary alicyclic amines) is 1. The highest BCUT2D eigenvalue weighted by Crippen LogP contribution is 2.28. The van der Waals surface area contributed by atoms with Gasteiger partial charge >= 0.3 is 0 Å². The molecule has 4 aromatic rings. The van der Waals surface area contributed by atoms with Gasteiger partial charge in [0.05, 0.1) is 0 Å². The van der Waals surface area contributed by atoms with Gasteiger partial charge in [-0.05, 0) is 78.2 Å². The molecule has 0 radical (unpaired) electrons. The highest BCUT2D eigenvalue weighted by atomic mass is 32.1. The van der Waals surface area contributed by atoms with Gasteiger partial charge in [-0.2, -0.15) is 16.4 Å². The zero-order valence-electron chi connectivity index (χ0n) is 15.5. The van der Waals surface area contributed by atoms with Gasteiger partial charge in [0, 0.05) is 24.2 Å². The molecule has 3 aromatic heterocycles. The average molecular weight is 393 g/mol. The van der Waals surface area contributed by atoms with Crippen molar-refractivity contribution in [3.05, 3.63) is 76.6 Å². The Bertz CT molecular complexity index is 1080. The molecule has 4 heterocycles. The number of hydrogen-bond acceptors (Lipinski definition) is 4. The first kappa shape index (κ1) is 17.5. The summed E-state index contributed by atoms with van der Waals surface area (Å²) in [7, 11) is 0. The van der Waals surface area contributed by atoms with E-state index in [1.165, 1.54) is 11.6 Å². The molecule has 1 aromatic carbocycles. The Morgan fingerprint density at radius 3 is 2.75 bits per heavy atom. The first-order valence-corrected chi connectivity index (χ1v) is 10.5. The van der Waals surface area contributed by atoms with Crippen molar-refractivity contribution in [1.82, 2.24) is 19.5 Å². The summed E-state index contributed by atoms with van der Waals surface area (Å²) in [6.45, 7) is 3.18. The summed E-state index contributed by atoms with van der Waals surface area (Å²) in [5.41, 5.74) is 4.03. The molecule has 0 N–H and O–H groups in total. The molecule has 1 aliphatic heterocycles. The van der Waals surface area contributed by atoms with Crippen LogP contribution in [0.4, 0.5) is 4.39 Å². The zero-order valence-corrected chi connectivity index (χ0v) is 16.3.